The van der Waals surface area contributed by atoms with Crippen LogP contribution in [0, 0.1) is 96.9 Å². The first-order chi connectivity index (χ1) is 35.2. The molecule has 7 heterocycles. The van der Waals surface area contributed by atoms with Crippen molar-refractivity contribution in [3.63, 3.8) is 0 Å². The van der Waals surface area contributed by atoms with Crippen LogP contribution in [-0.2, 0) is 21.1 Å². The molecule has 7 aromatic heterocycles. The molecule has 2 aromatic carbocycles. The van der Waals surface area contributed by atoms with Gasteiger partial charge in [-0.25, -0.2) is 15.0 Å². The first kappa shape index (κ1) is 63.4. The number of oxazole rings is 1. The summed E-state index contributed by atoms with van der Waals surface area (Å²) in [7, 11) is 6.20. The van der Waals surface area contributed by atoms with Crippen LogP contribution in [0.3, 0.4) is 0 Å². The zero-order chi connectivity index (χ0) is 55.5. The first-order valence-corrected chi connectivity index (χ1v) is 27.1. The van der Waals surface area contributed by atoms with Crippen LogP contribution in [0.25, 0.3) is 32.9 Å². The zero-order valence-electron chi connectivity index (χ0n) is 48.6. The second-order valence-electron chi connectivity index (χ2n) is 17.3. The van der Waals surface area contributed by atoms with E-state index in [0.717, 1.165) is 34.0 Å². The maximum atomic E-state index is 5.08. The summed E-state index contributed by atoms with van der Waals surface area (Å²) < 4.78 is 16.5. The molecule has 9 aromatic rings. The summed E-state index contributed by atoms with van der Waals surface area (Å²) >= 11 is 3.57. The molecule has 0 N–H and O–H groups in total. The molecule has 11 rings (SSSR count). The maximum Gasteiger partial charge on any atom is 0.191 e. The van der Waals surface area contributed by atoms with Gasteiger partial charge < -0.3 is 22.5 Å². The van der Waals surface area contributed by atoms with Crippen LogP contribution in [0.1, 0.15) is 105 Å². The lowest BCUT2D eigenvalue weighted by atomic mass is 10.1. The molecule has 0 amide bonds. The molecule has 2 aliphatic carbocycles. The fourth-order valence-corrected chi connectivity index (χ4v) is 8.70. The van der Waals surface area contributed by atoms with E-state index < -0.39 is 0 Å². The van der Waals surface area contributed by atoms with Gasteiger partial charge in [0, 0.05) is 94.0 Å². The molecule has 2 aliphatic rings. The Kier molecular flexibility index (Phi) is 28.4. The van der Waals surface area contributed by atoms with Gasteiger partial charge in [0.25, 0.3) is 0 Å². The number of aromatic nitrogens is 6. The predicted octanol–water partition coefficient (Wildman–Crippen LogP) is 18.8. The molecule has 0 saturated carbocycles. The fourth-order valence-electron chi connectivity index (χ4n) is 7.24. The highest BCUT2D eigenvalue weighted by Crippen LogP contribution is 2.30. The number of rotatable bonds is 0. The van der Waals surface area contributed by atoms with Gasteiger partial charge in [-0.15, -0.1) is 22.7 Å². The van der Waals surface area contributed by atoms with Gasteiger partial charge in [-0.05, 0) is 161 Å². The second kappa shape index (κ2) is 33.1. The van der Waals surface area contributed by atoms with E-state index in [1.165, 1.54) is 75.8 Å². The van der Waals surface area contributed by atoms with Gasteiger partial charge in [0.1, 0.15) is 23.1 Å². The fraction of sp³-hybridized carbons (Fsp3) is 0.328. The number of aryl methyl sites for hydroxylation is 15. The number of para-hydroxylation sites is 2. The number of thiophene rings is 1. The number of fused-ring (bicyclic) bond motifs is 4. The van der Waals surface area contributed by atoms with Crippen LogP contribution in [0.15, 0.2) is 149 Å². The lowest BCUT2D eigenvalue weighted by Crippen LogP contribution is -1.92. The third kappa shape index (κ3) is 21.0. The van der Waals surface area contributed by atoms with Gasteiger partial charge in [-0.3, -0.25) is 0 Å². The standard InChI is InChI=1S/C13H11N.C12H12.C7H11N.C6H10N2.C6H8O.C6H8S.C5H7NO.C5H7NS.2C2H6/c1-14-12-8-4-2-6-10(12)11-7-3-5-9-13(11)14;1-9-8-10(2)12-7-5-3-4-6-11(9)12;1-6-4-5-7(2)8(6)3;1-5-4-7-6(2)8(5)3;2*1-5-3-4-6(2)7-5;2*1-4-3-6-5(2)7-4;2*1-2/h2-9H,1H3;3-8H,1-2H3;4-5H,1-3H3;4H,1-3H3;2*3-4H,1-2H3;2*3H,1-2H3;2*1-2H3. The van der Waals surface area contributed by atoms with Crippen molar-refractivity contribution in [1.29, 1.82) is 0 Å². The average Bonchev–Trinajstić information content (AvgIpc) is 4.30. The smallest absolute Gasteiger partial charge is 0.191 e. The van der Waals surface area contributed by atoms with E-state index in [4.69, 9.17) is 8.83 Å². The number of thiazole rings is 1. The summed E-state index contributed by atoms with van der Waals surface area (Å²) in [5.41, 5.74) is 11.9. The van der Waals surface area contributed by atoms with Gasteiger partial charge in [-0.1, -0.05) is 100 Å². The Morgan fingerprint density at radius 2 is 0.851 bits per heavy atom. The van der Waals surface area contributed by atoms with Crippen molar-refractivity contribution in [3.8, 4) is 11.1 Å². The highest BCUT2D eigenvalue weighted by molar-refractivity contribution is 7.11. The molecule has 0 aliphatic heterocycles. The van der Waals surface area contributed by atoms with E-state index in [9.17, 15) is 0 Å². The Morgan fingerprint density at radius 3 is 1.11 bits per heavy atom. The number of imidazole rings is 1. The summed E-state index contributed by atoms with van der Waals surface area (Å²) in [6, 6.07) is 42.3. The molecule has 0 bridgehead atoms. The molecule has 0 saturated heterocycles. The Hall–Kier alpha value is -6.75. The van der Waals surface area contributed by atoms with Gasteiger partial charge in [0.05, 0.1) is 11.2 Å². The lowest BCUT2D eigenvalue weighted by Gasteiger charge is -1.96. The summed E-state index contributed by atoms with van der Waals surface area (Å²) in [5, 5.41) is 3.83. The molecule has 0 spiro atoms. The minimum Gasteiger partial charge on any atom is -0.467 e. The molecule has 0 radical (unpaired) electrons. The molecule has 10 heteroatoms. The van der Waals surface area contributed by atoms with Crippen LogP contribution in [0.2, 0.25) is 0 Å². The third-order valence-electron chi connectivity index (χ3n) is 11.4. The van der Waals surface area contributed by atoms with E-state index in [1.807, 2.05) is 119 Å². The van der Waals surface area contributed by atoms with Crippen LogP contribution < -0.4 is 0 Å². The largest absolute Gasteiger partial charge is 0.467 e. The number of benzene rings is 2. The minimum absolute atomic E-state index is 0.734. The SMILES string of the molecule is CC.CC.Cc1cc(C)c2cccccc1-2.Cc1ccc(C)n1C.Cc1ccc(C)o1.Cc1ccc(C)s1.Cc1cnc(C)n1C.Cc1cnc(C)o1.Cc1cnc(C)s1.Cn1c2ccccc2c2ccccc21. The summed E-state index contributed by atoms with van der Waals surface area (Å²) in [6.07, 6.45) is 5.46. The Bertz CT molecular complexity index is 2830. The molecular formula is C64H86N6O2S2. The van der Waals surface area contributed by atoms with Crippen molar-refractivity contribution in [1.82, 2.24) is 28.7 Å². The van der Waals surface area contributed by atoms with Crippen molar-refractivity contribution < 1.29 is 8.83 Å². The zero-order valence-corrected chi connectivity index (χ0v) is 50.2. The maximum absolute atomic E-state index is 5.08. The molecule has 0 fully saturated rings. The van der Waals surface area contributed by atoms with E-state index in [2.05, 4.69) is 200 Å². The Labute approximate surface area is 453 Å². The molecular weight excluding hydrogens is 949 g/mol. The highest BCUT2D eigenvalue weighted by atomic mass is 32.1. The monoisotopic (exact) mass is 1030 g/mol. The van der Waals surface area contributed by atoms with Crippen LogP contribution in [-0.4, -0.2) is 28.7 Å². The van der Waals surface area contributed by atoms with Crippen LogP contribution >= 0.6 is 22.7 Å². The van der Waals surface area contributed by atoms with E-state index >= 15 is 0 Å². The number of nitrogens with zero attached hydrogens (tertiary/aromatic N) is 6. The Morgan fingerprint density at radius 1 is 0.378 bits per heavy atom. The van der Waals surface area contributed by atoms with E-state index in [-0.39, 0.29) is 0 Å². The van der Waals surface area contributed by atoms with E-state index in [1.54, 1.807) is 17.5 Å². The van der Waals surface area contributed by atoms with Crippen LogP contribution in [0.5, 0.6) is 0 Å². The minimum atomic E-state index is 0.734. The third-order valence-corrected chi connectivity index (χ3v) is 13.2. The molecule has 396 valence electrons. The molecule has 0 unspecified atom stereocenters. The quantitative estimate of drug-likeness (QED) is 0.151. The average molecular weight is 1040 g/mol. The number of furan rings is 1. The summed E-state index contributed by atoms with van der Waals surface area (Å²) in [4.78, 5) is 16.1. The summed E-state index contributed by atoms with van der Waals surface area (Å²) in [5.74, 6) is 4.65. The van der Waals surface area contributed by atoms with Crippen molar-refractivity contribution >= 4 is 44.5 Å². The van der Waals surface area contributed by atoms with Crippen molar-refractivity contribution in [3.05, 3.63) is 217 Å². The molecule has 8 nitrogen and oxygen atoms in total. The van der Waals surface area contributed by atoms with E-state index in [0.29, 0.717) is 0 Å². The molecule has 74 heavy (non-hydrogen) atoms. The highest BCUT2D eigenvalue weighted by Gasteiger charge is 2.07. The predicted molar refractivity (Wildman–Crippen MR) is 323 cm³/mol. The number of hydrogen-bond donors (Lipinski definition) is 0. The first-order valence-electron chi connectivity index (χ1n) is 25.5. The van der Waals surface area contributed by atoms with Crippen molar-refractivity contribution in [2.45, 2.75) is 125 Å². The van der Waals surface area contributed by atoms with Crippen molar-refractivity contribution in [2.24, 2.45) is 21.1 Å². The van der Waals surface area contributed by atoms with Crippen molar-refractivity contribution in [2.75, 3.05) is 0 Å². The van der Waals surface area contributed by atoms with Gasteiger partial charge in [0.2, 0.25) is 0 Å². The van der Waals surface area contributed by atoms with Gasteiger partial charge >= 0.3 is 0 Å². The lowest BCUT2D eigenvalue weighted by molar-refractivity contribution is 0.494. The van der Waals surface area contributed by atoms with Gasteiger partial charge in [-0.2, -0.15) is 0 Å². The molecule has 0 atom stereocenters. The Balaban J connectivity index is 0.000000291. The number of hydrogen-bond acceptors (Lipinski definition) is 7. The normalized spacial score (nSPS) is 9.69. The summed E-state index contributed by atoms with van der Waals surface area (Å²) in [6.45, 7) is 36.5. The van der Waals surface area contributed by atoms with Crippen LogP contribution in [0.4, 0.5) is 0 Å². The second-order valence-corrected chi connectivity index (χ2v) is 20.2. The van der Waals surface area contributed by atoms with Gasteiger partial charge in [0.15, 0.2) is 5.89 Å². The topological polar surface area (TPSA) is 79.7 Å².